The first kappa shape index (κ1) is 20.0. The molecule has 0 radical (unpaired) electrons. The van der Waals surface area contributed by atoms with Gasteiger partial charge < -0.3 is 14.4 Å². The summed E-state index contributed by atoms with van der Waals surface area (Å²) in [6, 6.07) is 7.75. The fourth-order valence-corrected chi connectivity index (χ4v) is 2.46. The maximum atomic E-state index is 12.4. The zero-order valence-corrected chi connectivity index (χ0v) is 15.6. The molecule has 24 heavy (non-hydrogen) atoms. The maximum absolute atomic E-state index is 12.4. The van der Waals surface area contributed by atoms with Crippen LogP contribution in [0.25, 0.3) is 0 Å². The largest absolute Gasteiger partial charge is 0.483 e. The summed E-state index contributed by atoms with van der Waals surface area (Å²) in [5.74, 6) is -0.103. The zero-order valence-electron chi connectivity index (χ0n) is 15.6. The third-order valence-corrected chi connectivity index (χ3v) is 3.88. The number of para-hydroxylation sites is 1. The van der Waals surface area contributed by atoms with E-state index in [-0.39, 0.29) is 29.8 Å². The number of nitrogens with zero attached hydrogens (tertiary/aromatic N) is 1. The minimum Gasteiger partial charge on any atom is -0.483 e. The van der Waals surface area contributed by atoms with Gasteiger partial charge in [0, 0.05) is 13.1 Å². The van der Waals surface area contributed by atoms with E-state index in [0.717, 1.165) is 11.3 Å². The van der Waals surface area contributed by atoms with Crippen molar-refractivity contribution in [3.8, 4) is 5.75 Å². The Balaban J connectivity index is 2.73. The van der Waals surface area contributed by atoms with Gasteiger partial charge >= 0.3 is 5.97 Å². The second-order valence-electron chi connectivity index (χ2n) is 6.89. The number of hydrogen-bond acceptors (Lipinski definition) is 4. The number of rotatable bonds is 7. The molecule has 1 rings (SSSR count). The number of carbonyl (C=O) groups is 2. The first-order valence-electron chi connectivity index (χ1n) is 8.28. The molecule has 5 nitrogen and oxygen atoms in total. The lowest BCUT2D eigenvalue weighted by Gasteiger charge is -2.25. The quantitative estimate of drug-likeness (QED) is 0.719. The van der Waals surface area contributed by atoms with Crippen molar-refractivity contribution in [2.24, 2.45) is 5.92 Å². The van der Waals surface area contributed by atoms with Crippen LogP contribution in [0.3, 0.4) is 0 Å². The highest BCUT2D eigenvalue weighted by Gasteiger charge is 2.22. The van der Waals surface area contributed by atoms with Crippen LogP contribution in [0.2, 0.25) is 0 Å². The number of ether oxygens (including phenoxy) is 2. The van der Waals surface area contributed by atoms with E-state index < -0.39 is 0 Å². The summed E-state index contributed by atoms with van der Waals surface area (Å²) in [6.45, 7) is 10.7. The van der Waals surface area contributed by atoms with Crippen LogP contribution in [0.4, 0.5) is 0 Å². The monoisotopic (exact) mass is 335 g/mol. The van der Waals surface area contributed by atoms with E-state index in [9.17, 15) is 9.59 Å². The van der Waals surface area contributed by atoms with Gasteiger partial charge in [-0.3, -0.25) is 9.59 Å². The molecule has 0 aromatic heterocycles. The third-order valence-electron chi connectivity index (χ3n) is 3.88. The minimum absolute atomic E-state index is 0.0468. The van der Waals surface area contributed by atoms with Crippen molar-refractivity contribution in [1.82, 2.24) is 4.90 Å². The summed E-state index contributed by atoms with van der Waals surface area (Å²) < 4.78 is 10.5. The summed E-state index contributed by atoms with van der Waals surface area (Å²) in [6.07, 6.45) is 0. The molecule has 0 aliphatic heterocycles. The van der Waals surface area contributed by atoms with Crippen molar-refractivity contribution in [3.63, 3.8) is 0 Å². The molecule has 0 aliphatic carbocycles. The van der Waals surface area contributed by atoms with Gasteiger partial charge in [0.15, 0.2) is 6.61 Å². The predicted octanol–water partition coefficient (Wildman–Crippen LogP) is 3.02. The van der Waals surface area contributed by atoms with E-state index in [2.05, 4.69) is 20.8 Å². The SMILES string of the molecule is CCN(CC(C)C(=O)OC)C(=O)COc1ccccc1C(C)(C)C. The van der Waals surface area contributed by atoms with Crippen LogP contribution in [-0.4, -0.2) is 43.6 Å². The molecule has 134 valence electrons. The lowest BCUT2D eigenvalue weighted by atomic mass is 9.86. The Bertz CT molecular complexity index is 563. The lowest BCUT2D eigenvalue weighted by Crippen LogP contribution is -2.39. The minimum atomic E-state index is -0.360. The molecule has 1 amide bonds. The molecular formula is C19H29NO4. The Morgan fingerprint density at radius 2 is 1.83 bits per heavy atom. The summed E-state index contributed by atoms with van der Waals surface area (Å²) in [5.41, 5.74) is 0.993. The Labute approximate surface area is 144 Å². The van der Waals surface area contributed by atoms with Gasteiger partial charge in [0.1, 0.15) is 5.75 Å². The highest BCUT2D eigenvalue weighted by molar-refractivity contribution is 5.79. The average Bonchev–Trinajstić information content (AvgIpc) is 2.55. The van der Waals surface area contributed by atoms with Gasteiger partial charge in [-0.1, -0.05) is 45.9 Å². The van der Waals surface area contributed by atoms with E-state index in [1.807, 2.05) is 31.2 Å². The number of methoxy groups -OCH3 is 1. The zero-order chi connectivity index (χ0) is 18.3. The van der Waals surface area contributed by atoms with Crippen LogP contribution in [0.1, 0.15) is 40.2 Å². The molecule has 1 unspecified atom stereocenters. The molecule has 0 fully saturated rings. The van der Waals surface area contributed by atoms with Crippen molar-refractivity contribution < 1.29 is 19.1 Å². The number of carbonyl (C=O) groups excluding carboxylic acids is 2. The van der Waals surface area contributed by atoms with Crippen molar-refractivity contribution in [1.29, 1.82) is 0 Å². The molecule has 0 bridgehead atoms. The molecule has 1 aromatic carbocycles. The molecule has 0 saturated heterocycles. The highest BCUT2D eigenvalue weighted by atomic mass is 16.5. The van der Waals surface area contributed by atoms with Gasteiger partial charge in [-0.05, 0) is 24.0 Å². The standard InChI is InChI=1S/C19H29NO4/c1-7-20(12-14(2)18(22)23-6)17(21)13-24-16-11-9-8-10-15(16)19(3,4)5/h8-11,14H,7,12-13H2,1-6H3. The van der Waals surface area contributed by atoms with Crippen LogP contribution in [0.15, 0.2) is 24.3 Å². The maximum Gasteiger partial charge on any atom is 0.310 e. The van der Waals surface area contributed by atoms with E-state index in [1.165, 1.54) is 7.11 Å². The molecule has 0 N–H and O–H groups in total. The Hall–Kier alpha value is -2.04. The first-order valence-corrected chi connectivity index (χ1v) is 8.28. The average molecular weight is 335 g/mol. The second kappa shape index (κ2) is 8.71. The van der Waals surface area contributed by atoms with Crippen LogP contribution in [-0.2, 0) is 19.7 Å². The number of benzene rings is 1. The first-order chi connectivity index (χ1) is 11.2. The molecule has 0 spiro atoms. The van der Waals surface area contributed by atoms with E-state index in [1.54, 1.807) is 11.8 Å². The summed E-state index contributed by atoms with van der Waals surface area (Å²) in [5, 5.41) is 0. The van der Waals surface area contributed by atoms with Crippen molar-refractivity contribution in [2.75, 3.05) is 26.8 Å². The van der Waals surface area contributed by atoms with Gasteiger partial charge in [-0.15, -0.1) is 0 Å². The molecule has 0 aliphatic rings. The molecule has 0 saturated carbocycles. The summed E-state index contributed by atoms with van der Waals surface area (Å²) in [7, 11) is 1.35. The number of likely N-dealkylation sites (N-methyl/N-ethyl adjacent to an activating group) is 1. The number of hydrogen-bond donors (Lipinski definition) is 0. The number of esters is 1. The van der Waals surface area contributed by atoms with Crippen LogP contribution in [0.5, 0.6) is 5.75 Å². The van der Waals surface area contributed by atoms with Gasteiger partial charge in [0.2, 0.25) is 0 Å². The molecule has 5 heteroatoms. The Morgan fingerprint density at radius 3 is 2.38 bits per heavy atom. The van der Waals surface area contributed by atoms with Crippen LogP contribution >= 0.6 is 0 Å². The van der Waals surface area contributed by atoms with Gasteiger partial charge in [-0.2, -0.15) is 0 Å². The van der Waals surface area contributed by atoms with E-state index >= 15 is 0 Å². The third kappa shape index (κ3) is 5.55. The molecule has 0 heterocycles. The second-order valence-corrected chi connectivity index (χ2v) is 6.89. The fraction of sp³-hybridized carbons (Fsp3) is 0.579. The van der Waals surface area contributed by atoms with Gasteiger partial charge in [0.25, 0.3) is 5.91 Å². The molecule has 1 aromatic rings. The lowest BCUT2D eigenvalue weighted by molar-refractivity contribution is -0.146. The molecular weight excluding hydrogens is 306 g/mol. The van der Waals surface area contributed by atoms with E-state index in [0.29, 0.717) is 13.1 Å². The van der Waals surface area contributed by atoms with Crippen molar-refractivity contribution in [3.05, 3.63) is 29.8 Å². The Morgan fingerprint density at radius 1 is 1.21 bits per heavy atom. The smallest absolute Gasteiger partial charge is 0.310 e. The van der Waals surface area contributed by atoms with Crippen molar-refractivity contribution >= 4 is 11.9 Å². The van der Waals surface area contributed by atoms with Crippen molar-refractivity contribution in [2.45, 2.75) is 40.0 Å². The van der Waals surface area contributed by atoms with Gasteiger partial charge in [0.05, 0.1) is 13.0 Å². The molecule has 1 atom stereocenters. The fourth-order valence-electron chi connectivity index (χ4n) is 2.46. The predicted molar refractivity (Wildman–Crippen MR) is 94.1 cm³/mol. The van der Waals surface area contributed by atoms with Gasteiger partial charge in [-0.25, -0.2) is 0 Å². The Kier molecular flexibility index (Phi) is 7.26. The van der Waals surface area contributed by atoms with E-state index in [4.69, 9.17) is 9.47 Å². The van der Waals surface area contributed by atoms with Crippen LogP contribution < -0.4 is 4.74 Å². The number of amides is 1. The highest BCUT2D eigenvalue weighted by Crippen LogP contribution is 2.30. The topological polar surface area (TPSA) is 55.8 Å². The summed E-state index contributed by atoms with van der Waals surface area (Å²) in [4.78, 5) is 25.5. The van der Waals surface area contributed by atoms with Crippen LogP contribution in [0, 0.1) is 5.92 Å². The normalized spacial score (nSPS) is 12.4. The summed E-state index contributed by atoms with van der Waals surface area (Å²) >= 11 is 0.